The highest BCUT2D eigenvalue weighted by molar-refractivity contribution is 7.89. The van der Waals surface area contributed by atoms with Crippen LogP contribution in [0.15, 0.2) is 23.1 Å². The highest BCUT2D eigenvalue weighted by Gasteiger charge is 2.30. The molecule has 1 aromatic carbocycles. The van der Waals surface area contributed by atoms with Gasteiger partial charge in [0, 0.05) is 13.1 Å². The molecule has 0 amide bonds. The maximum absolute atomic E-state index is 13.2. The lowest BCUT2D eigenvalue weighted by molar-refractivity contribution is 0.263. The molecule has 0 radical (unpaired) electrons. The van der Waals surface area contributed by atoms with E-state index in [1.807, 2.05) is 7.05 Å². The van der Waals surface area contributed by atoms with Gasteiger partial charge in [0.2, 0.25) is 10.0 Å². The molecule has 1 aliphatic heterocycles. The molecular weight excluding hydrogens is 286 g/mol. The Balaban J connectivity index is 2.23. The number of sulfonamides is 1. The van der Waals surface area contributed by atoms with E-state index in [9.17, 15) is 17.2 Å². The zero-order valence-electron chi connectivity index (χ0n) is 11.3. The maximum Gasteiger partial charge on any atom is 0.243 e. The molecule has 2 rings (SSSR count). The summed E-state index contributed by atoms with van der Waals surface area (Å²) in [6, 6.07) is 2.69. The molecule has 1 unspecified atom stereocenters. The van der Waals surface area contributed by atoms with Crippen LogP contribution in [-0.2, 0) is 10.0 Å². The molecule has 112 valence electrons. The summed E-state index contributed by atoms with van der Waals surface area (Å²) >= 11 is 0. The zero-order chi connectivity index (χ0) is 14.8. The normalized spacial score (nSPS) is 21.1. The second kappa shape index (κ2) is 6.15. The molecule has 7 heteroatoms. The topological polar surface area (TPSA) is 49.4 Å². The molecule has 1 heterocycles. The Kier molecular flexibility index (Phi) is 4.72. The Morgan fingerprint density at radius 3 is 2.75 bits per heavy atom. The quantitative estimate of drug-likeness (QED) is 0.919. The van der Waals surface area contributed by atoms with E-state index in [4.69, 9.17) is 0 Å². The molecule has 1 aromatic rings. The molecule has 0 spiro atoms. The largest absolute Gasteiger partial charge is 0.319 e. The van der Waals surface area contributed by atoms with Crippen LogP contribution in [0.25, 0.3) is 0 Å². The Hall–Kier alpha value is -1.05. The molecule has 20 heavy (non-hydrogen) atoms. The summed E-state index contributed by atoms with van der Waals surface area (Å²) in [5.74, 6) is -1.95. The van der Waals surface area contributed by atoms with E-state index in [-0.39, 0.29) is 10.8 Å². The number of nitrogens with one attached hydrogen (secondary N) is 1. The van der Waals surface area contributed by atoms with Crippen molar-refractivity contribution in [1.29, 1.82) is 0 Å². The summed E-state index contributed by atoms with van der Waals surface area (Å²) in [6.07, 6.45) is 1.74. The van der Waals surface area contributed by atoms with Crippen molar-refractivity contribution in [3.8, 4) is 0 Å². The first-order valence-corrected chi connectivity index (χ1v) is 7.99. The van der Waals surface area contributed by atoms with Gasteiger partial charge < -0.3 is 5.32 Å². The van der Waals surface area contributed by atoms with Gasteiger partial charge in [-0.2, -0.15) is 4.31 Å². The van der Waals surface area contributed by atoms with Gasteiger partial charge in [0.1, 0.15) is 0 Å². The van der Waals surface area contributed by atoms with Gasteiger partial charge in [-0.05, 0) is 50.6 Å². The lowest BCUT2D eigenvalue weighted by atomic mass is 10.00. The SMILES string of the molecule is CNCC1CCCN(S(=O)(=O)c2ccc(F)c(F)c2)C1. The van der Waals surface area contributed by atoms with Crippen molar-refractivity contribution < 1.29 is 17.2 Å². The molecule has 1 atom stereocenters. The maximum atomic E-state index is 13.2. The molecule has 0 aliphatic carbocycles. The van der Waals surface area contributed by atoms with E-state index in [0.717, 1.165) is 37.6 Å². The van der Waals surface area contributed by atoms with Crippen LogP contribution in [0.2, 0.25) is 0 Å². The Labute approximate surface area is 117 Å². The van der Waals surface area contributed by atoms with Crippen LogP contribution in [0.5, 0.6) is 0 Å². The van der Waals surface area contributed by atoms with Crippen molar-refractivity contribution in [1.82, 2.24) is 9.62 Å². The molecule has 1 N–H and O–H groups in total. The third-order valence-electron chi connectivity index (χ3n) is 3.50. The van der Waals surface area contributed by atoms with E-state index in [2.05, 4.69) is 5.32 Å². The van der Waals surface area contributed by atoms with Gasteiger partial charge in [-0.3, -0.25) is 0 Å². The molecular formula is C13H18F2N2O2S. The molecule has 1 saturated heterocycles. The number of hydrogen-bond acceptors (Lipinski definition) is 3. The van der Waals surface area contributed by atoms with E-state index in [1.54, 1.807) is 0 Å². The first-order chi connectivity index (χ1) is 9.45. The van der Waals surface area contributed by atoms with Gasteiger partial charge >= 0.3 is 0 Å². The summed E-state index contributed by atoms with van der Waals surface area (Å²) in [6.45, 7) is 1.56. The van der Waals surface area contributed by atoms with Gasteiger partial charge in [-0.25, -0.2) is 17.2 Å². The Morgan fingerprint density at radius 2 is 2.10 bits per heavy atom. The predicted molar refractivity (Wildman–Crippen MR) is 71.8 cm³/mol. The second-order valence-corrected chi connectivity index (χ2v) is 6.94. The monoisotopic (exact) mass is 304 g/mol. The number of rotatable bonds is 4. The van der Waals surface area contributed by atoms with Crippen molar-refractivity contribution >= 4 is 10.0 Å². The number of nitrogens with zero attached hydrogens (tertiary/aromatic N) is 1. The number of halogens is 2. The van der Waals surface area contributed by atoms with Crippen LogP contribution in [0.4, 0.5) is 8.78 Å². The van der Waals surface area contributed by atoms with Gasteiger partial charge in [-0.15, -0.1) is 0 Å². The Morgan fingerprint density at radius 1 is 1.35 bits per heavy atom. The summed E-state index contributed by atoms with van der Waals surface area (Å²) in [5.41, 5.74) is 0. The minimum atomic E-state index is -3.75. The first-order valence-electron chi connectivity index (χ1n) is 6.55. The molecule has 1 aliphatic rings. The summed E-state index contributed by atoms with van der Waals surface area (Å²) in [5, 5.41) is 3.03. The van der Waals surface area contributed by atoms with Crippen molar-refractivity contribution in [3.05, 3.63) is 29.8 Å². The van der Waals surface area contributed by atoms with Crippen molar-refractivity contribution in [2.24, 2.45) is 5.92 Å². The van der Waals surface area contributed by atoms with E-state index in [0.29, 0.717) is 13.1 Å². The average Bonchev–Trinajstić information content (AvgIpc) is 2.42. The van der Waals surface area contributed by atoms with Gasteiger partial charge in [0.25, 0.3) is 0 Å². The van der Waals surface area contributed by atoms with Crippen LogP contribution < -0.4 is 5.32 Å². The fraction of sp³-hybridized carbons (Fsp3) is 0.538. The van der Waals surface area contributed by atoms with E-state index < -0.39 is 21.7 Å². The minimum absolute atomic E-state index is 0.193. The Bertz CT molecular complexity index is 576. The van der Waals surface area contributed by atoms with E-state index in [1.165, 1.54) is 4.31 Å². The standard InChI is InChI=1S/C13H18F2N2O2S/c1-16-8-10-3-2-6-17(9-10)20(18,19)11-4-5-12(14)13(15)7-11/h4-5,7,10,16H,2-3,6,8-9H2,1H3. The van der Waals surface area contributed by atoms with Crippen molar-refractivity contribution in [2.45, 2.75) is 17.7 Å². The molecule has 1 fully saturated rings. The van der Waals surface area contributed by atoms with Crippen LogP contribution >= 0.6 is 0 Å². The third kappa shape index (κ3) is 3.16. The second-order valence-electron chi connectivity index (χ2n) is 5.00. The van der Waals surface area contributed by atoms with Crippen LogP contribution in [0, 0.1) is 17.6 Å². The molecule has 4 nitrogen and oxygen atoms in total. The molecule has 0 bridgehead atoms. The van der Waals surface area contributed by atoms with Crippen LogP contribution in [0.3, 0.4) is 0 Å². The first kappa shape index (κ1) is 15.3. The summed E-state index contributed by atoms with van der Waals surface area (Å²) in [7, 11) is -1.93. The summed E-state index contributed by atoms with van der Waals surface area (Å²) < 4.78 is 52.3. The summed E-state index contributed by atoms with van der Waals surface area (Å²) in [4.78, 5) is -0.193. The molecule has 0 saturated carbocycles. The highest BCUT2D eigenvalue weighted by Crippen LogP contribution is 2.24. The predicted octanol–water partition coefficient (Wildman–Crippen LogP) is 1.58. The number of hydrogen-bond donors (Lipinski definition) is 1. The number of piperidine rings is 1. The van der Waals surface area contributed by atoms with Gasteiger partial charge in [0.05, 0.1) is 4.90 Å². The fourth-order valence-electron chi connectivity index (χ4n) is 2.49. The highest BCUT2D eigenvalue weighted by atomic mass is 32.2. The molecule has 0 aromatic heterocycles. The number of benzene rings is 1. The van der Waals surface area contributed by atoms with Crippen LogP contribution in [0.1, 0.15) is 12.8 Å². The third-order valence-corrected chi connectivity index (χ3v) is 5.36. The lowest BCUT2D eigenvalue weighted by Crippen LogP contribution is -2.42. The van der Waals surface area contributed by atoms with Crippen molar-refractivity contribution in [2.75, 3.05) is 26.7 Å². The fourth-order valence-corrected chi connectivity index (χ4v) is 4.05. The zero-order valence-corrected chi connectivity index (χ0v) is 12.1. The average molecular weight is 304 g/mol. The van der Waals surface area contributed by atoms with Gasteiger partial charge in [-0.1, -0.05) is 0 Å². The van der Waals surface area contributed by atoms with Crippen molar-refractivity contribution in [3.63, 3.8) is 0 Å². The van der Waals surface area contributed by atoms with Gasteiger partial charge in [0.15, 0.2) is 11.6 Å². The van der Waals surface area contributed by atoms with Crippen LogP contribution in [-0.4, -0.2) is 39.4 Å². The lowest BCUT2D eigenvalue weighted by Gasteiger charge is -2.31. The van der Waals surface area contributed by atoms with E-state index >= 15 is 0 Å². The smallest absolute Gasteiger partial charge is 0.243 e. The minimum Gasteiger partial charge on any atom is -0.319 e.